The predicted octanol–water partition coefficient (Wildman–Crippen LogP) is 6.12. The van der Waals surface area contributed by atoms with Crippen molar-refractivity contribution < 1.29 is 24.6 Å². The van der Waals surface area contributed by atoms with Gasteiger partial charge < -0.3 is 30.4 Å². The summed E-state index contributed by atoms with van der Waals surface area (Å²) in [5, 5.41) is 23.2. The van der Waals surface area contributed by atoms with Gasteiger partial charge >= 0.3 is 11.9 Å². The highest BCUT2D eigenvalue weighted by atomic mass is 16.4. The highest BCUT2D eigenvalue weighted by Crippen LogP contribution is 2.43. The van der Waals surface area contributed by atoms with E-state index in [9.17, 15) is 24.6 Å². The Labute approximate surface area is 286 Å². The first-order valence-electron chi connectivity index (χ1n) is 16.7. The van der Waals surface area contributed by atoms with Crippen LogP contribution in [0.5, 0.6) is 0 Å². The number of carboxylic acid groups (broad SMARTS) is 2. The molecule has 5 N–H and O–H groups in total. The molecule has 0 fully saturated rings. The number of hydrogen-bond acceptors (Lipinski definition) is 6. The van der Waals surface area contributed by atoms with Crippen LogP contribution in [0, 0.1) is 13.8 Å². The molecular weight excluding hydrogens is 620 g/mol. The van der Waals surface area contributed by atoms with Gasteiger partial charge in [0.15, 0.2) is 0 Å². The third-order valence-corrected chi connectivity index (χ3v) is 9.83. The number of rotatable bonds is 11. The van der Waals surface area contributed by atoms with Crippen LogP contribution in [0.4, 0.5) is 0 Å². The highest BCUT2D eigenvalue weighted by molar-refractivity contribution is 6.24. The fourth-order valence-electron chi connectivity index (χ4n) is 7.02. The molecule has 2 atom stereocenters. The molecule has 0 saturated carbocycles. The molecule has 3 aromatic rings. The largest absolute Gasteiger partial charge is 0.481 e. The topological polar surface area (TPSA) is 164 Å². The van der Waals surface area contributed by atoms with Gasteiger partial charge in [-0.2, -0.15) is 0 Å². The second-order valence-electron chi connectivity index (χ2n) is 13.2. The van der Waals surface area contributed by atoms with E-state index in [-0.39, 0.29) is 42.4 Å². The number of aromatic amines is 2. The average molecular weight is 667 g/mol. The fourth-order valence-corrected chi connectivity index (χ4v) is 7.02. The van der Waals surface area contributed by atoms with E-state index < -0.39 is 17.9 Å². The molecule has 5 heterocycles. The van der Waals surface area contributed by atoms with Gasteiger partial charge in [-0.1, -0.05) is 26.5 Å². The quantitative estimate of drug-likeness (QED) is 0.163. The van der Waals surface area contributed by atoms with E-state index in [4.69, 9.17) is 9.97 Å². The van der Waals surface area contributed by atoms with Crippen LogP contribution in [0.15, 0.2) is 24.8 Å². The molecule has 258 valence electrons. The highest BCUT2D eigenvalue weighted by Gasteiger charge is 2.35. The Bertz CT molecular complexity index is 2050. The van der Waals surface area contributed by atoms with Gasteiger partial charge in [0.25, 0.3) is 0 Å². The molecule has 11 nitrogen and oxygen atoms in total. The van der Waals surface area contributed by atoms with Crippen molar-refractivity contribution in [1.29, 1.82) is 0 Å². The van der Waals surface area contributed by atoms with Crippen molar-refractivity contribution in [3.8, 4) is 0 Å². The number of amides is 1. The summed E-state index contributed by atoms with van der Waals surface area (Å²) >= 11 is 0. The van der Waals surface area contributed by atoms with Crippen LogP contribution < -0.4 is 5.32 Å². The van der Waals surface area contributed by atoms with E-state index in [1.165, 1.54) is 0 Å². The number of allylic oxidation sites excluding steroid dienone is 1. The second kappa shape index (κ2) is 14.2. The summed E-state index contributed by atoms with van der Waals surface area (Å²) in [5.74, 6) is -3.03. The molecule has 0 aliphatic carbocycles. The zero-order valence-corrected chi connectivity index (χ0v) is 29.4. The number of aliphatic carboxylic acids is 2. The normalized spacial score (nSPS) is 15.9. The first-order chi connectivity index (χ1) is 23.2. The fraction of sp³-hybridized carbons (Fsp3) is 0.395. The maximum Gasteiger partial charge on any atom is 0.338 e. The third-order valence-electron chi connectivity index (χ3n) is 9.83. The van der Waals surface area contributed by atoms with Crippen LogP contribution in [0.3, 0.4) is 0 Å². The zero-order chi connectivity index (χ0) is 35.7. The Morgan fingerprint density at radius 1 is 0.980 bits per heavy atom. The lowest BCUT2D eigenvalue weighted by Gasteiger charge is -2.18. The van der Waals surface area contributed by atoms with Gasteiger partial charge in [0.1, 0.15) is 0 Å². The minimum atomic E-state index is -1.16. The van der Waals surface area contributed by atoms with Gasteiger partial charge in [0, 0.05) is 70.2 Å². The molecule has 3 aromatic heterocycles. The standard InChI is InChI=1S/C38H46N6O5/c1-9-23-19(3)27-16-29-21(5)25(11-12-34(46)47)36(42-29)26(15-33(45)39-13-14-44(7)8)37-35(38(48)49)22(6)30(43-37)18-32-24(10-2)20(4)28(41-32)17-31(23)40-27/h9,16-18,21,25,40-41H,1,10-15H2,2-8H3,(H,39,45)(H,46,47)(H,48,49)/t21-,25?/m0/s1. The van der Waals surface area contributed by atoms with Crippen LogP contribution in [0.2, 0.25) is 0 Å². The number of H-pyrrole nitrogens is 2. The van der Waals surface area contributed by atoms with Gasteiger partial charge in [-0.25, -0.2) is 9.78 Å². The number of nitrogens with one attached hydrogen (secondary N) is 3. The van der Waals surface area contributed by atoms with Gasteiger partial charge in [0.05, 0.1) is 29.1 Å². The summed E-state index contributed by atoms with van der Waals surface area (Å²) < 4.78 is 0. The van der Waals surface area contributed by atoms with Crippen LogP contribution in [-0.4, -0.2) is 80.1 Å². The van der Waals surface area contributed by atoms with E-state index in [0.29, 0.717) is 41.3 Å². The van der Waals surface area contributed by atoms with Gasteiger partial charge in [-0.15, -0.1) is 0 Å². The Kier molecular flexibility index (Phi) is 10.2. The molecule has 8 bridgehead atoms. The lowest BCUT2D eigenvalue weighted by molar-refractivity contribution is -0.137. The number of carbonyl (C=O) groups excluding carboxylic acids is 1. The first-order valence-corrected chi connectivity index (χ1v) is 16.7. The summed E-state index contributed by atoms with van der Waals surface area (Å²) in [6.45, 7) is 15.0. The number of carboxylic acids is 2. The Morgan fingerprint density at radius 2 is 1.67 bits per heavy atom. The number of hydrogen-bond donors (Lipinski definition) is 5. The molecule has 49 heavy (non-hydrogen) atoms. The van der Waals surface area contributed by atoms with Crippen molar-refractivity contribution >= 4 is 57.1 Å². The smallest absolute Gasteiger partial charge is 0.338 e. The Morgan fingerprint density at radius 3 is 2.31 bits per heavy atom. The van der Waals surface area contributed by atoms with E-state index in [1.807, 2.05) is 51.1 Å². The summed E-state index contributed by atoms with van der Waals surface area (Å²) in [5.41, 5.74) is 10.3. The minimum Gasteiger partial charge on any atom is -0.481 e. The van der Waals surface area contributed by atoms with Crippen molar-refractivity contribution in [1.82, 2.24) is 30.2 Å². The maximum atomic E-state index is 13.5. The molecule has 11 heteroatoms. The van der Waals surface area contributed by atoms with Crippen LogP contribution in [0.1, 0.15) is 96.0 Å². The minimum absolute atomic E-state index is 0.00425. The van der Waals surface area contributed by atoms with E-state index in [2.05, 4.69) is 41.8 Å². The number of nitrogens with zero attached hydrogens (tertiary/aromatic N) is 3. The second-order valence-corrected chi connectivity index (χ2v) is 13.2. The number of aromatic nitrogens is 4. The third kappa shape index (κ3) is 6.94. The van der Waals surface area contributed by atoms with Crippen LogP contribution in [-0.2, 0) is 27.2 Å². The Balaban J connectivity index is 1.95. The number of carbonyl (C=O) groups is 3. The van der Waals surface area contributed by atoms with E-state index in [1.54, 1.807) is 6.92 Å². The molecule has 1 amide bonds. The van der Waals surface area contributed by atoms with E-state index >= 15 is 0 Å². The molecule has 0 spiro atoms. The monoisotopic (exact) mass is 666 g/mol. The van der Waals surface area contributed by atoms with Gasteiger partial charge in [0.2, 0.25) is 5.91 Å². The van der Waals surface area contributed by atoms with Crippen molar-refractivity contribution in [2.45, 2.75) is 72.1 Å². The van der Waals surface area contributed by atoms with Crippen molar-refractivity contribution in [3.63, 3.8) is 0 Å². The van der Waals surface area contributed by atoms with Crippen LogP contribution in [0.25, 0.3) is 39.3 Å². The van der Waals surface area contributed by atoms with Gasteiger partial charge in [-0.05, 0) is 88.2 Å². The van der Waals surface area contributed by atoms with Crippen molar-refractivity contribution in [2.24, 2.45) is 0 Å². The molecule has 2 aliphatic heterocycles. The molecular formula is C38H46N6O5. The molecule has 1 unspecified atom stereocenters. The van der Waals surface area contributed by atoms with Crippen LogP contribution >= 0.6 is 0 Å². The molecule has 0 aromatic carbocycles. The van der Waals surface area contributed by atoms with E-state index in [0.717, 1.165) is 50.7 Å². The molecule has 0 radical (unpaired) electrons. The predicted molar refractivity (Wildman–Crippen MR) is 193 cm³/mol. The van der Waals surface area contributed by atoms with Gasteiger partial charge in [-0.3, -0.25) is 14.6 Å². The SMILES string of the molecule is C=Cc1c(C)c2cc3nc(c(CC(=O)NCCN(C)C)c4nc(cc5[nH]c(cc1[nH]2)c(C)c5CC)C(C)=C4C(=O)O)C(CCC(=O)O)[C@@H]3C. The summed E-state index contributed by atoms with van der Waals surface area (Å²) in [6.07, 6.45) is 2.54. The summed E-state index contributed by atoms with van der Waals surface area (Å²) in [4.78, 5) is 57.5. The molecule has 0 saturated heterocycles. The molecule has 2 aliphatic rings. The lowest BCUT2D eigenvalue weighted by Crippen LogP contribution is -2.32. The number of aryl methyl sites for hydroxylation is 3. The number of fused-ring (bicyclic) bond motifs is 8. The first kappa shape index (κ1) is 35.3. The average Bonchev–Trinajstić information content (AvgIpc) is 3.71. The summed E-state index contributed by atoms with van der Waals surface area (Å²) in [7, 11) is 3.82. The lowest BCUT2D eigenvalue weighted by atomic mass is 9.84. The molecule has 5 rings (SSSR count). The van der Waals surface area contributed by atoms with Crippen molar-refractivity contribution in [2.75, 3.05) is 27.2 Å². The van der Waals surface area contributed by atoms with Crippen molar-refractivity contribution in [3.05, 3.63) is 75.4 Å². The zero-order valence-electron chi connectivity index (χ0n) is 29.4. The maximum absolute atomic E-state index is 13.5. The summed E-state index contributed by atoms with van der Waals surface area (Å²) in [6, 6.07) is 5.91. The Hall–Kier alpha value is -5.03. The number of likely N-dealkylation sites (N-methyl/N-ethyl adjacent to an activating group) is 1.